The maximum absolute atomic E-state index is 5.53. The summed E-state index contributed by atoms with van der Waals surface area (Å²) in [5, 5.41) is 4.25. The van der Waals surface area contributed by atoms with Gasteiger partial charge >= 0.3 is 0 Å². The average Bonchev–Trinajstić information content (AvgIpc) is 2.60. The fourth-order valence-electron chi connectivity index (χ4n) is 1.82. The molecule has 0 spiro atoms. The third-order valence-electron chi connectivity index (χ3n) is 2.61. The molecule has 2 rings (SSSR count). The molecule has 0 fully saturated rings. The molecule has 0 atom stereocenters. The van der Waals surface area contributed by atoms with Gasteiger partial charge in [-0.05, 0) is 19.4 Å². The van der Waals surface area contributed by atoms with Crippen LogP contribution in [0.3, 0.4) is 0 Å². The van der Waals surface area contributed by atoms with E-state index in [1.54, 1.807) is 4.68 Å². The van der Waals surface area contributed by atoms with Crippen molar-refractivity contribution >= 4 is 0 Å². The Morgan fingerprint density at radius 2 is 2.06 bits per heavy atom. The van der Waals surface area contributed by atoms with Gasteiger partial charge in [0.05, 0.1) is 6.54 Å². The van der Waals surface area contributed by atoms with E-state index in [4.69, 9.17) is 5.73 Å². The molecule has 0 aliphatic carbocycles. The number of nitrogens with zero attached hydrogens (tertiary/aromatic N) is 3. The monoisotopic (exact) mass is 216 g/mol. The largest absolute Gasteiger partial charge is 0.324 e. The molecule has 0 aliphatic rings. The Kier molecular flexibility index (Phi) is 2.75. The molecule has 1 aromatic heterocycles. The molecule has 0 radical (unpaired) electrons. The molecule has 4 nitrogen and oxygen atoms in total. The second kappa shape index (κ2) is 4.06. The Labute approximate surface area is 95.1 Å². The van der Waals surface area contributed by atoms with E-state index in [2.05, 4.69) is 42.1 Å². The number of hydrogen-bond acceptors (Lipinski definition) is 3. The predicted octanol–water partition coefficient (Wildman–Crippen LogP) is 1.56. The maximum Gasteiger partial charge on any atom is 0.164 e. The molecule has 0 saturated carbocycles. The number of aryl methyl sites for hydroxylation is 3. The Morgan fingerprint density at radius 3 is 2.62 bits per heavy atom. The fourth-order valence-corrected chi connectivity index (χ4v) is 1.82. The first-order valence-electron chi connectivity index (χ1n) is 5.29. The molecule has 1 heterocycles. The van der Waals surface area contributed by atoms with Crippen LogP contribution < -0.4 is 5.73 Å². The van der Waals surface area contributed by atoms with Crippen molar-refractivity contribution in [3.63, 3.8) is 0 Å². The van der Waals surface area contributed by atoms with Gasteiger partial charge < -0.3 is 5.73 Å². The SMILES string of the molecule is Cc1ccc(-c2nc(CN)nn2C)c(C)c1. The van der Waals surface area contributed by atoms with Gasteiger partial charge in [0, 0.05) is 12.6 Å². The summed E-state index contributed by atoms with van der Waals surface area (Å²) in [4.78, 5) is 4.42. The molecule has 1 aromatic carbocycles. The first kappa shape index (κ1) is 10.8. The van der Waals surface area contributed by atoms with Crippen LogP contribution in [0.1, 0.15) is 17.0 Å². The van der Waals surface area contributed by atoms with E-state index in [-0.39, 0.29) is 0 Å². The van der Waals surface area contributed by atoms with Crippen molar-refractivity contribution in [3.05, 3.63) is 35.2 Å². The third kappa shape index (κ3) is 1.84. The van der Waals surface area contributed by atoms with Crippen LogP contribution in [-0.2, 0) is 13.6 Å². The quantitative estimate of drug-likeness (QED) is 0.828. The lowest BCUT2D eigenvalue weighted by Crippen LogP contribution is -1.99. The minimum absolute atomic E-state index is 0.374. The van der Waals surface area contributed by atoms with Crippen LogP contribution in [0.4, 0.5) is 0 Å². The highest BCUT2D eigenvalue weighted by Crippen LogP contribution is 2.21. The number of hydrogen-bond donors (Lipinski definition) is 1. The molecule has 84 valence electrons. The van der Waals surface area contributed by atoms with E-state index in [0.717, 1.165) is 11.4 Å². The van der Waals surface area contributed by atoms with Gasteiger partial charge in [0.15, 0.2) is 11.6 Å². The lowest BCUT2D eigenvalue weighted by Gasteiger charge is -2.05. The zero-order valence-electron chi connectivity index (χ0n) is 9.86. The van der Waals surface area contributed by atoms with Crippen molar-refractivity contribution in [1.29, 1.82) is 0 Å². The van der Waals surface area contributed by atoms with Gasteiger partial charge in [-0.2, -0.15) is 5.10 Å². The van der Waals surface area contributed by atoms with Crippen LogP contribution in [0.25, 0.3) is 11.4 Å². The minimum Gasteiger partial charge on any atom is -0.324 e. The molecule has 0 aliphatic heterocycles. The molecular formula is C12H16N4. The highest BCUT2D eigenvalue weighted by Gasteiger charge is 2.10. The number of rotatable bonds is 2. The first-order chi connectivity index (χ1) is 7.61. The zero-order chi connectivity index (χ0) is 11.7. The van der Waals surface area contributed by atoms with Crippen molar-refractivity contribution in [2.75, 3.05) is 0 Å². The lowest BCUT2D eigenvalue weighted by molar-refractivity contribution is 0.748. The van der Waals surface area contributed by atoms with Crippen LogP contribution in [0.15, 0.2) is 18.2 Å². The average molecular weight is 216 g/mol. The highest BCUT2D eigenvalue weighted by atomic mass is 15.3. The summed E-state index contributed by atoms with van der Waals surface area (Å²) in [6.45, 7) is 4.54. The van der Waals surface area contributed by atoms with Gasteiger partial charge in [-0.1, -0.05) is 23.8 Å². The van der Waals surface area contributed by atoms with Gasteiger partial charge in [0.2, 0.25) is 0 Å². The van der Waals surface area contributed by atoms with E-state index in [0.29, 0.717) is 12.4 Å². The summed E-state index contributed by atoms with van der Waals surface area (Å²) in [6.07, 6.45) is 0. The summed E-state index contributed by atoms with van der Waals surface area (Å²) in [5.41, 5.74) is 9.11. The summed E-state index contributed by atoms with van der Waals surface area (Å²) in [5.74, 6) is 1.55. The number of aromatic nitrogens is 3. The van der Waals surface area contributed by atoms with E-state index in [1.165, 1.54) is 11.1 Å². The fraction of sp³-hybridized carbons (Fsp3) is 0.333. The van der Waals surface area contributed by atoms with E-state index >= 15 is 0 Å². The first-order valence-corrected chi connectivity index (χ1v) is 5.29. The van der Waals surface area contributed by atoms with E-state index < -0.39 is 0 Å². The molecule has 0 unspecified atom stereocenters. The molecule has 16 heavy (non-hydrogen) atoms. The highest BCUT2D eigenvalue weighted by molar-refractivity contribution is 5.60. The van der Waals surface area contributed by atoms with Crippen molar-refractivity contribution in [1.82, 2.24) is 14.8 Å². The van der Waals surface area contributed by atoms with Gasteiger partial charge in [-0.15, -0.1) is 0 Å². The second-order valence-corrected chi connectivity index (χ2v) is 4.00. The predicted molar refractivity (Wildman–Crippen MR) is 63.8 cm³/mol. The molecule has 0 amide bonds. The Hall–Kier alpha value is -1.68. The van der Waals surface area contributed by atoms with Crippen molar-refractivity contribution in [3.8, 4) is 11.4 Å². The van der Waals surface area contributed by atoms with Crippen molar-refractivity contribution < 1.29 is 0 Å². The van der Waals surface area contributed by atoms with Crippen LogP contribution in [0.5, 0.6) is 0 Å². The number of benzene rings is 1. The molecule has 0 bridgehead atoms. The van der Waals surface area contributed by atoms with Crippen LogP contribution in [0.2, 0.25) is 0 Å². The van der Waals surface area contributed by atoms with Gasteiger partial charge in [-0.25, -0.2) is 9.67 Å². The second-order valence-electron chi connectivity index (χ2n) is 4.00. The molecule has 4 heteroatoms. The van der Waals surface area contributed by atoms with Gasteiger partial charge in [-0.3, -0.25) is 0 Å². The summed E-state index contributed by atoms with van der Waals surface area (Å²) >= 11 is 0. The molecular weight excluding hydrogens is 200 g/mol. The van der Waals surface area contributed by atoms with E-state index in [9.17, 15) is 0 Å². The Bertz CT molecular complexity index is 514. The van der Waals surface area contributed by atoms with E-state index in [1.807, 2.05) is 7.05 Å². The van der Waals surface area contributed by atoms with Gasteiger partial charge in [0.1, 0.15) is 0 Å². The zero-order valence-corrected chi connectivity index (χ0v) is 9.86. The molecule has 2 aromatic rings. The lowest BCUT2D eigenvalue weighted by atomic mass is 10.1. The Morgan fingerprint density at radius 1 is 1.31 bits per heavy atom. The van der Waals surface area contributed by atoms with Crippen molar-refractivity contribution in [2.45, 2.75) is 20.4 Å². The summed E-state index contributed by atoms with van der Waals surface area (Å²) in [7, 11) is 1.89. The minimum atomic E-state index is 0.374. The molecule has 0 saturated heterocycles. The molecule has 2 N–H and O–H groups in total. The van der Waals surface area contributed by atoms with Gasteiger partial charge in [0.25, 0.3) is 0 Å². The summed E-state index contributed by atoms with van der Waals surface area (Å²) in [6, 6.07) is 6.31. The van der Waals surface area contributed by atoms with Crippen LogP contribution in [0, 0.1) is 13.8 Å². The third-order valence-corrected chi connectivity index (χ3v) is 2.61. The maximum atomic E-state index is 5.53. The standard InChI is InChI=1S/C12H16N4/c1-8-4-5-10(9(2)6-8)12-14-11(7-13)15-16(12)3/h4-6H,7,13H2,1-3H3. The number of nitrogens with two attached hydrogens (primary N) is 1. The van der Waals surface area contributed by atoms with Crippen LogP contribution >= 0.6 is 0 Å². The topological polar surface area (TPSA) is 56.7 Å². The normalized spacial score (nSPS) is 10.8. The smallest absolute Gasteiger partial charge is 0.164 e. The Balaban J connectivity index is 2.53. The summed E-state index contributed by atoms with van der Waals surface area (Å²) < 4.78 is 1.78. The van der Waals surface area contributed by atoms with Crippen molar-refractivity contribution in [2.24, 2.45) is 12.8 Å². The van der Waals surface area contributed by atoms with Crippen LogP contribution in [-0.4, -0.2) is 14.8 Å².